The quantitative estimate of drug-likeness (QED) is 0.790. The van der Waals surface area contributed by atoms with Gasteiger partial charge in [-0.25, -0.2) is 0 Å². The summed E-state index contributed by atoms with van der Waals surface area (Å²) in [5.41, 5.74) is 7.84. The Bertz CT molecular complexity index is 321. The first kappa shape index (κ1) is 14.0. The van der Waals surface area contributed by atoms with Gasteiger partial charge in [0.15, 0.2) is 0 Å². The summed E-state index contributed by atoms with van der Waals surface area (Å²) in [5.74, 6) is 0.768. The first-order chi connectivity index (χ1) is 8.24. The first-order valence-electron chi connectivity index (χ1n) is 6.65. The van der Waals surface area contributed by atoms with Crippen LogP contribution in [0.25, 0.3) is 0 Å². The molecule has 0 bridgehead atoms. The third kappa shape index (κ3) is 4.00. The van der Waals surface area contributed by atoms with Gasteiger partial charge in [-0.1, -0.05) is 26.7 Å². The summed E-state index contributed by atoms with van der Waals surface area (Å²) in [6.45, 7) is 9.39. The second-order valence-electron chi connectivity index (χ2n) is 4.43. The second-order valence-corrected chi connectivity index (χ2v) is 4.43. The number of aromatic nitrogens is 1. The molecule has 0 aliphatic rings. The fraction of sp³-hybridized carbons (Fsp3) is 0.643. The van der Waals surface area contributed by atoms with Crippen molar-refractivity contribution in [3.63, 3.8) is 0 Å². The summed E-state index contributed by atoms with van der Waals surface area (Å²) in [6.07, 6.45) is 4.33. The Hall–Kier alpha value is -1.09. The summed E-state index contributed by atoms with van der Waals surface area (Å²) in [4.78, 5) is 6.66. The lowest BCUT2D eigenvalue weighted by Crippen LogP contribution is -2.29. The van der Waals surface area contributed by atoms with E-state index in [9.17, 15) is 0 Å². The molecule has 96 valence electrons. The van der Waals surface area contributed by atoms with E-state index in [-0.39, 0.29) is 0 Å². The summed E-state index contributed by atoms with van der Waals surface area (Å²) < 4.78 is 0. The van der Waals surface area contributed by atoms with Gasteiger partial charge < -0.3 is 10.6 Å². The molecule has 1 aromatic rings. The van der Waals surface area contributed by atoms with E-state index in [0.29, 0.717) is 6.54 Å². The van der Waals surface area contributed by atoms with E-state index in [0.717, 1.165) is 24.7 Å². The zero-order valence-electron chi connectivity index (χ0n) is 11.3. The predicted molar refractivity (Wildman–Crippen MR) is 74.1 cm³/mol. The number of hydrogen-bond donors (Lipinski definition) is 1. The zero-order chi connectivity index (χ0) is 12.7. The fourth-order valence-electron chi connectivity index (χ4n) is 2.05. The minimum atomic E-state index is 0.510. The van der Waals surface area contributed by atoms with Gasteiger partial charge in [-0.05, 0) is 25.0 Å². The topological polar surface area (TPSA) is 42.2 Å². The summed E-state index contributed by atoms with van der Waals surface area (Å²) in [6, 6.07) is 4.18. The van der Waals surface area contributed by atoms with E-state index >= 15 is 0 Å². The van der Waals surface area contributed by atoms with E-state index in [1.165, 1.54) is 18.5 Å². The number of nitrogens with two attached hydrogens (primary N) is 1. The molecule has 1 rings (SSSR count). The normalized spacial score (nSPS) is 10.9. The number of pyridine rings is 1. The molecule has 0 unspecified atom stereocenters. The molecular formula is C14H25N3. The monoisotopic (exact) mass is 235 g/mol. The van der Waals surface area contributed by atoms with Crippen molar-refractivity contribution in [2.75, 3.05) is 18.0 Å². The van der Waals surface area contributed by atoms with Crippen molar-refractivity contribution >= 4 is 5.69 Å². The van der Waals surface area contributed by atoms with Gasteiger partial charge in [-0.15, -0.1) is 0 Å². The average Bonchev–Trinajstić information content (AvgIpc) is 2.40. The minimum Gasteiger partial charge on any atom is -0.371 e. The molecule has 0 aliphatic carbocycles. The van der Waals surface area contributed by atoms with E-state index < -0.39 is 0 Å². The van der Waals surface area contributed by atoms with Crippen LogP contribution in [0.1, 0.15) is 39.3 Å². The molecule has 0 atom stereocenters. The van der Waals surface area contributed by atoms with Crippen molar-refractivity contribution < 1.29 is 0 Å². The Labute approximate surface area is 105 Å². The van der Waals surface area contributed by atoms with Gasteiger partial charge in [0.05, 0.1) is 5.69 Å². The Balaban J connectivity index is 2.77. The van der Waals surface area contributed by atoms with Crippen LogP contribution in [0.3, 0.4) is 0 Å². The summed E-state index contributed by atoms with van der Waals surface area (Å²) in [7, 11) is 0. The predicted octanol–water partition coefficient (Wildman–Crippen LogP) is 2.80. The molecule has 0 fully saturated rings. The number of anilines is 1. The van der Waals surface area contributed by atoms with Crippen molar-refractivity contribution in [3.05, 3.63) is 24.0 Å². The van der Waals surface area contributed by atoms with E-state index in [2.05, 4.69) is 42.8 Å². The molecule has 3 heteroatoms. The van der Waals surface area contributed by atoms with Gasteiger partial charge in [0.2, 0.25) is 0 Å². The average molecular weight is 235 g/mol. The lowest BCUT2D eigenvalue weighted by Gasteiger charge is -2.27. The first-order valence-corrected chi connectivity index (χ1v) is 6.65. The smallest absolute Gasteiger partial charge is 0.0560 e. The van der Waals surface area contributed by atoms with Gasteiger partial charge in [0.25, 0.3) is 0 Å². The molecule has 3 nitrogen and oxygen atoms in total. The lowest BCUT2D eigenvalue weighted by molar-refractivity contribution is 0.486. The van der Waals surface area contributed by atoms with Crippen LogP contribution in [0.5, 0.6) is 0 Å². The van der Waals surface area contributed by atoms with Crippen molar-refractivity contribution in [2.45, 2.75) is 40.2 Å². The number of nitrogens with zero attached hydrogens (tertiary/aromatic N) is 2. The maximum absolute atomic E-state index is 5.63. The zero-order valence-corrected chi connectivity index (χ0v) is 11.3. The summed E-state index contributed by atoms with van der Waals surface area (Å²) in [5, 5.41) is 0. The summed E-state index contributed by atoms with van der Waals surface area (Å²) >= 11 is 0. The van der Waals surface area contributed by atoms with Crippen molar-refractivity contribution in [1.29, 1.82) is 0 Å². The van der Waals surface area contributed by atoms with Crippen LogP contribution in [0.2, 0.25) is 0 Å². The standard InChI is InChI=1S/C14H25N3/c1-4-12(5-2)11-17(6-3)14-7-8-16-13(9-14)10-15/h7-9,12H,4-6,10-11,15H2,1-3H3. The van der Waals surface area contributed by atoms with Crippen LogP contribution in [0.4, 0.5) is 5.69 Å². The molecule has 17 heavy (non-hydrogen) atoms. The Kier molecular flexibility index (Phi) is 5.98. The van der Waals surface area contributed by atoms with Crippen LogP contribution >= 0.6 is 0 Å². The largest absolute Gasteiger partial charge is 0.371 e. The Morgan fingerprint density at radius 3 is 2.53 bits per heavy atom. The van der Waals surface area contributed by atoms with E-state index in [1.807, 2.05) is 6.20 Å². The highest BCUT2D eigenvalue weighted by Gasteiger charge is 2.11. The maximum atomic E-state index is 5.63. The highest BCUT2D eigenvalue weighted by Crippen LogP contribution is 2.18. The van der Waals surface area contributed by atoms with Gasteiger partial charge >= 0.3 is 0 Å². The van der Waals surface area contributed by atoms with E-state index in [4.69, 9.17) is 5.73 Å². The van der Waals surface area contributed by atoms with Gasteiger partial charge in [-0.3, -0.25) is 4.98 Å². The van der Waals surface area contributed by atoms with Crippen LogP contribution < -0.4 is 10.6 Å². The molecule has 0 saturated carbocycles. The SMILES string of the molecule is CCC(CC)CN(CC)c1ccnc(CN)c1. The van der Waals surface area contributed by atoms with Gasteiger partial charge in [-0.2, -0.15) is 0 Å². The second kappa shape index (κ2) is 7.28. The number of hydrogen-bond acceptors (Lipinski definition) is 3. The van der Waals surface area contributed by atoms with Crippen molar-refractivity contribution in [3.8, 4) is 0 Å². The Morgan fingerprint density at radius 2 is 2.00 bits per heavy atom. The highest BCUT2D eigenvalue weighted by molar-refractivity contribution is 5.46. The molecule has 1 aromatic heterocycles. The van der Waals surface area contributed by atoms with Gasteiger partial charge in [0.1, 0.15) is 0 Å². The highest BCUT2D eigenvalue weighted by atomic mass is 15.1. The third-order valence-corrected chi connectivity index (χ3v) is 3.39. The minimum absolute atomic E-state index is 0.510. The molecule has 0 saturated heterocycles. The molecule has 2 N–H and O–H groups in total. The van der Waals surface area contributed by atoms with Crippen LogP contribution in [0, 0.1) is 5.92 Å². The van der Waals surface area contributed by atoms with Crippen LogP contribution in [0.15, 0.2) is 18.3 Å². The maximum Gasteiger partial charge on any atom is 0.0560 e. The van der Waals surface area contributed by atoms with Crippen molar-refractivity contribution in [2.24, 2.45) is 11.7 Å². The molecule has 0 aromatic carbocycles. The Morgan fingerprint density at radius 1 is 1.29 bits per heavy atom. The molecule has 0 aliphatic heterocycles. The van der Waals surface area contributed by atoms with Crippen LogP contribution in [-0.2, 0) is 6.54 Å². The number of rotatable bonds is 7. The fourth-order valence-corrected chi connectivity index (χ4v) is 2.05. The van der Waals surface area contributed by atoms with Crippen molar-refractivity contribution in [1.82, 2.24) is 4.98 Å². The molecule has 0 amide bonds. The molecule has 0 radical (unpaired) electrons. The lowest BCUT2D eigenvalue weighted by atomic mass is 10.0. The van der Waals surface area contributed by atoms with E-state index in [1.54, 1.807) is 0 Å². The van der Waals surface area contributed by atoms with Gasteiger partial charge in [0, 0.05) is 31.5 Å². The molecule has 0 spiro atoms. The third-order valence-electron chi connectivity index (χ3n) is 3.39. The molecular weight excluding hydrogens is 210 g/mol. The van der Waals surface area contributed by atoms with Crippen LogP contribution in [-0.4, -0.2) is 18.1 Å². The molecule has 1 heterocycles.